The van der Waals surface area contributed by atoms with Gasteiger partial charge in [-0.3, -0.25) is 0 Å². The van der Waals surface area contributed by atoms with Crippen molar-refractivity contribution < 1.29 is 95.9 Å². The van der Waals surface area contributed by atoms with Gasteiger partial charge in [0, 0.05) is 0 Å². The fourth-order valence-electron chi connectivity index (χ4n) is 1.27. The molecule has 0 aromatic carbocycles. The average Bonchev–Trinajstić information content (AvgIpc) is 2.50. The first-order chi connectivity index (χ1) is 13.7. The van der Waals surface area contributed by atoms with Crippen LogP contribution in [0.5, 0.6) is 0 Å². The molecule has 200 valence electrons. The van der Waals surface area contributed by atoms with E-state index in [1.165, 1.54) is 0 Å². The van der Waals surface area contributed by atoms with E-state index in [0.717, 1.165) is 0 Å². The molecular weight excluding hydrogens is 580 g/mol. The summed E-state index contributed by atoms with van der Waals surface area (Å²) in [5.74, 6) is -33.0. The van der Waals surface area contributed by atoms with Crippen LogP contribution in [0.1, 0.15) is 0 Å². The van der Waals surface area contributed by atoms with Crippen molar-refractivity contribution in [2.45, 2.75) is 46.6 Å². The molecule has 0 saturated carbocycles. The van der Waals surface area contributed by atoms with Crippen molar-refractivity contribution in [3.8, 4) is 0 Å². The molecule has 0 aliphatic carbocycles. The molecule has 0 fully saturated rings. The van der Waals surface area contributed by atoms with Crippen LogP contribution >= 0.6 is 0 Å². The molecule has 0 radical (unpaired) electrons. The van der Waals surface area contributed by atoms with Gasteiger partial charge in [-0.1, -0.05) is 0 Å². The summed E-state index contributed by atoms with van der Waals surface area (Å²) < 4.78 is 269. The van der Waals surface area contributed by atoms with Crippen molar-refractivity contribution in [1.29, 1.82) is 0 Å². The van der Waals surface area contributed by atoms with Gasteiger partial charge in [-0.15, -0.1) is 0 Å². The van der Waals surface area contributed by atoms with Gasteiger partial charge in [0.25, 0.3) is 0 Å². The van der Waals surface area contributed by atoms with Gasteiger partial charge in [0.2, 0.25) is 0 Å². The average molecular weight is 580 g/mol. The first-order valence-corrected chi connectivity index (χ1v) is 9.22. The number of halogens is 18. The lowest BCUT2D eigenvalue weighted by atomic mass is 10.1. The largest absolute Gasteiger partial charge is 0.460 e. The molecule has 0 aliphatic rings. The van der Waals surface area contributed by atoms with E-state index in [4.69, 9.17) is 0 Å². The Morgan fingerprint density at radius 2 is 0.545 bits per heavy atom. The minimum absolute atomic E-state index is 0.109. The van der Waals surface area contributed by atoms with Gasteiger partial charge in [0.05, 0.1) is 0 Å². The molecule has 0 amide bonds. The quantitative estimate of drug-likeness (QED) is 0.384. The number of hydrogen-bond acceptors (Lipinski definition) is 4. The Bertz CT molecular complexity index is 880. The van der Waals surface area contributed by atoms with Crippen molar-refractivity contribution >= 4 is 20.0 Å². The van der Waals surface area contributed by atoms with Crippen LogP contribution in [-0.2, 0) is 20.0 Å². The third kappa shape index (κ3) is 4.27. The van der Waals surface area contributed by atoms with Crippen LogP contribution in [0.3, 0.4) is 0 Å². The Morgan fingerprint density at radius 3 is 0.697 bits per heavy atom. The maximum absolute atomic E-state index is 13.2. The zero-order valence-electron chi connectivity index (χ0n) is 13.7. The summed E-state index contributed by atoms with van der Waals surface area (Å²) in [6.07, 6.45) is -15.6. The molecule has 0 aromatic heterocycles. The predicted octanol–water partition coefficient (Wildman–Crippen LogP) is 4.87. The zero-order valence-corrected chi connectivity index (χ0v) is 15.3. The third-order valence-electron chi connectivity index (χ3n) is 3.08. The fourth-order valence-corrected chi connectivity index (χ4v) is 3.95. The first-order valence-electron chi connectivity index (χ1n) is 6.34. The van der Waals surface area contributed by atoms with E-state index in [0.29, 0.717) is 0 Å². The van der Waals surface area contributed by atoms with Crippen molar-refractivity contribution in [3.05, 3.63) is 4.13 Å². The second kappa shape index (κ2) is 7.55. The summed E-state index contributed by atoms with van der Waals surface area (Å²) in [6, 6.07) is 0. The monoisotopic (exact) mass is 580 g/mol. The lowest BCUT2D eigenvalue weighted by Crippen LogP contribution is -2.64. The molecule has 0 N–H and O–H groups in total. The standard InChI is InChI=1S/C8F18NO4S2/c9-1(10,5(17,18)19)3(13,14)7(23,24)32(28,29)27-33(30,31)8(25,26)4(15,16)2(11,12)6(20,21)22/q-1. The molecular formula is C8F18NO4S2-. The van der Waals surface area contributed by atoms with Gasteiger partial charge >= 0.3 is 46.6 Å². The van der Waals surface area contributed by atoms with Gasteiger partial charge in [-0.05, 0) is 0 Å². The SMILES string of the molecule is O=S(=O)([N-]S(=O)(=O)C(F)(F)C(F)(F)C(F)(F)C(F)(F)F)C(F)(F)C(F)(F)C(F)(F)C(F)(F)F. The summed E-state index contributed by atoms with van der Waals surface area (Å²) in [6.45, 7) is 0. The fraction of sp³-hybridized carbons (Fsp3) is 1.00. The van der Waals surface area contributed by atoms with E-state index < -0.39 is 66.6 Å². The van der Waals surface area contributed by atoms with E-state index in [1.54, 1.807) is 0 Å². The molecule has 5 nitrogen and oxygen atoms in total. The van der Waals surface area contributed by atoms with Gasteiger partial charge in [-0.2, -0.15) is 79.0 Å². The lowest BCUT2D eigenvalue weighted by Gasteiger charge is -2.39. The Morgan fingerprint density at radius 1 is 0.364 bits per heavy atom. The maximum atomic E-state index is 13.2. The van der Waals surface area contributed by atoms with Crippen molar-refractivity contribution in [3.63, 3.8) is 0 Å². The number of alkyl halides is 18. The van der Waals surface area contributed by atoms with Crippen molar-refractivity contribution in [2.24, 2.45) is 0 Å². The molecule has 0 heterocycles. The molecule has 33 heavy (non-hydrogen) atoms. The van der Waals surface area contributed by atoms with E-state index in [1.807, 2.05) is 0 Å². The topological polar surface area (TPSA) is 82.4 Å². The second-order valence-corrected chi connectivity index (χ2v) is 8.87. The van der Waals surface area contributed by atoms with Crippen LogP contribution in [0.4, 0.5) is 79.0 Å². The van der Waals surface area contributed by atoms with Crippen LogP contribution in [-0.4, -0.2) is 63.4 Å². The van der Waals surface area contributed by atoms with Gasteiger partial charge < -0.3 is 4.13 Å². The molecule has 0 atom stereocenters. The van der Waals surface area contributed by atoms with Crippen LogP contribution in [0.2, 0.25) is 0 Å². The highest BCUT2D eigenvalue weighted by molar-refractivity contribution is 8.13. The molecule has 0 aromatic rings. The Hall–Kier alpha value is -1.40. The van der Waals surface area contributed by atoms with Crippen LogP contribution in [0, 0.1) is 0 Å². The van der Waals surface area contributed by atoms with E-state index in [9.17, 15) is 95.9 Å². The van der Waals surface area contributed by atoms with Crippen LogP contribution < -0.4 is 0 Å². The smallest absolute Gasteiger partial charge is 0.425 e. The Balaban J connectivity index is 6.73. The second-order valence-electron chi connectivity index (χ2n) is 5.35. The molecule has 0 unspecified atom stereocenters. The van der Waals surface area contributed by atoms with E-state index in [-0.39, 0.29) is 4.13 Å². The summed E-state index contributed by atoms with van der Waals surface area (Å²) in [5, 5.41) is -16.4. The number of sulfonamides is 2. The third-order valence-corrected chi connectivity index (χ3v) is 6.45. The number of nitrogens with zero attached hydrogens (tertiary/aromatic N) is 1. The molecule has 0 spiro atoms. The predicted molar refractivity (Wildman–Crippen MR) is 63.0 cm³/mol. The number of hydrogen-bond donors (Lipinski definition) is 0. The highest BCUT2D eigenvalue weighted by Gasteiger charge is 2.86. The van der Waals surface area contributed by atoms with Crippen molar-refractivity contribution in [2.75, 3.05) is 0 Å². The molecule has 0 saturated heterocycles. The van der Waals surface area contributed by atoms with Crippen LogP contribution in [0.15, 0.2) is 0 Å². The molecule has 0 rings (SSSR count). The van der Waals surface area contributed by atoms with E-state index in [2.05, 4.69) is 0 Å². The zero-order chi connectivity index (χ0) is 27.7. The normalized spacial score (nSPS) is 16.8. The minimum Gasteiger partial charge on any atom is -0.425 e. The lowest BCUT2D eigenvalue weighted by molar-refractivity contribution is -0.382. The first kappa shape index (κ1) is 31.6. The van der Waals surface area contributed by atoms with Gasteiger partial charge in [0.1, 0.15) is 0 Å². The highest BCUT2D eigenvalue weighted by Crippen LogP contribution is 2.58. The number of rotatable bonds is 8. The Kier molecular flexibility index (Phi) is 7.23. The summed E-state index contributed by atoms with van der Waals surface area (Å²) in [4.78, 5) is 0. The Labute approximate surface area is 167 Å². The molecule has 25 heteroatoms. The minimum atomic E-state index is -8.81. The summed E-state index contributed by atoms with van der Waals surface area (Å²) >= 11 is 0. The maximum Gasteiger partial charge on any atom is 0.460 e. The molecule has 0 aliphatic heterocycles. The highest BCUT2D eigenvalue weighted by atomic mass is 32.3. The van der Waals surface area contributed by atoms with Gasteiger partial charge in [-0.25, -0.2) is 16.8 Å². The van der Waals surface area contributed by atoms with Crippen molar-refractivity contribution in [1.82, 2.24) is 0 Å². The van der Waals surface area contributed by atoms with Gasteiger partial charge in [0.15, 0.2) is 20.0 Å². The summed E-state index contributed by atoms with van der Waals surface area (Å²) in [5.41, 5.74) is 0. The molecule has 0 bridgehead atoms. The summed E-state index contributed by atoms with van der Waals surface area (Å²) in [7, 11) is -17.6. The van der Waals surface area contributed by atoms with E-state index >= 15 is 0 Å². The van der Waals surface area contributed by atoms with Crippen LogP contribution in [0.25, 0.3) is 4.13 Å².